The van der Waals surface area contributed by atoms with Gasteiger partial charge in [-0.3, -0.25) is 0 Å². The second-order valence-electron chi connectivity index (χ2n) is 13.3. The van der Waals surface area contributed by atoms with Crippen molar-refractivity contribution in [3.63, 3.8) is 0 Å². The second kappa shape index (κ2) is 12.5. The van der Waals surface area contributed by atoms with E-state index in [4.69, 9.17) is 11.6 Å². The van der Waals surface area contributed by atoms with Crippen molar-refractivity contribution >= 4 is 50.5 Å². The van der Waals surface area contributed by atoms with Crippen LogP contribution in [0.2, 0.25) is 5.02 Å². The van der Waals surface area contributed by atoms with Crippen LogP contribution in [0.4, 0.5) is 17.1 Å². The fourth-order valence-corrected chi connectivity index (χ4v) is 7.41. The highest BCUT2D eigenvalue weighted by atomic mass is 35.5. The van der Waals surface area contributed by atoms with Crippen LogP contribution in [0.1, 0.15) is 30.5 Å². The largest absolute Gasteiger partial charge is 0.310 e. The number of nitrogens with zero attached hydrogens (tertiary/aromatic N) is 2. The molecule has 0 spiro atoms. The van der Waals surface area contributed by atoms with Crippen molar-refractivity contribution in [2.45, 2.75) is 26.2 Å². The van der Waals surface area contributed by atoms with Crippen LogP contribution in [0, 0.1) is 6.92 Å². The lowest BCUT2D eigenvalue weighted by atomic mass is 9.76. The van der Waals surface area contributed by atoms with Crippen LogP contribution in [0.3, 0.4) is 0 Å². The number of hydrogen-bond acceptors (Lipinski definition) is 1. The number of halogens is 1. The van der Waals surface area contributed by atoms with Crippen molar-refractivity contribution in [1.29, 1.82) is 0 Å². The Hall–Kier alpha value is -5.57. The second-order valence-corrected chi connectivity index (χ2v) is 13.7. The molecular formula is C46H37ClN2. The molecule has 0 saturated carbocycles. The van der Waals surface area contributed by atoms with E-state index < -0.39 is 0 Å². The van der Waals surface area contributed by atoms with Crippen molar-refractivity contribution in [1.82, 2.24) is 4.57 Å². The summed E-state index contributed by atoms with van der Waals surface area (Å²) in [7, 11) is 0. The normalized spacial score (nSPS) is 11.7. The smallest absolute Gasteiger partial charge is 0.0541 e. The summed E-state index contributed by atoms with van der Waals surface area (Å²) in [6.07, 6.45) is 0. The number of hydrogen-bond donors (Lipinski definition) is 0. The summed E-state index contributed by atoms with van der Waals surface area (Å²) < 4.78 is 2.36. The zero-order chi connectivity index (χ0) is 33.5. The van der Waals surface area contributed by atoms with Gasteiger partial charge in [-0.05, 0) is 114 Å². The molecular weight excluding hydrogens is 616 g/mol. The summed E-state index contributed by atoms with van der Waals surface area (Å²) >= 11 is 6.36. The standard InChI is InChI=1S/C46H37ClN2/c1-32-18-24-40(31-43(32)46(2,3)35-12-6-4-7-13-35)48(39-27-22-36(47)23-28-39)38-25-19-33(20-26-38)34-21-29-45-42(30-34)41-16-10-11-17-44(41)49(45)37-14-8-5-9-15-37/h4-31H,1-3H3. The number of aryl methyl sites for hydroxylation is 1. The fraction of sp³-hybridized carbons (Fsp3) is 0.0870. The Morgan fingerprint density at radius 3 is 1.80 bits per heavy atom. The van der Waals surface area contributed by atoms with Crippen LogP contribution < -0.4 is 4.90 Å². The summed E-state index contributed by atoms with van der Waals surface area (Å²) in [6, 6.07) is 60.7. The maximum atomic E-state index is 6.36. The number of rotatable bonds is 7. The highest BCUT2D eigenvalue weighted by Crippen LogP contribution is 2.41. The van der Waals surface area contributed by atoms with Gasteiger partial charge in [0.05, 0.1) is 11.0 Å². The highest BCUT2D eigenvalue weighted by molar-refractivity contribution is 6.30. The first kappa shape index (κ1) is 30.7. The Balaban J connectivity index is 1.21. The Bertz CT molecular complexity index is 2410. The van der Waals surface area contributed by atoms with Gasteiger partial charge < -0.3 is 9.47 Å². The van der Waals surface area contributed by atoms with Gasteiger partial charge in [0.25, 0.3) is 0 Å². The van der Waals surface area contributed by atoms with Gasteiger partial charge in [0.1, 0.15) is 0 Å². The molecule has 0 bridgehead atoms. The SMILES string of the molecule is Cc1ccc(N(c2ccc(Cl)cc2)c2ccc(-c3ccc4c(c3)c3ccccc3n4-c3ccccc3)cc2)cc1C(C)(C)c1ccccc1. The summed E-state index contributed by atoms with van der Waals surface area (Å²) in [5, 5.41) is 3.22. The van der Waals surface area contributed by atoms with Crippen molar-refractivity contribution in [3.05, 3.63) is 192 Å². The predicted octanol–water partition coefficient (Wildman–Crippen LogP) is 13.2. The number of benzene rings is 7. The molecule has 0 fully saturated rings. The average Bonchev–Trinajstić information content (AvgIpc) is 3.48. The molecule has 0 saturated heterocycles. The molecule has 2 nitrogen and oxygen atoms in total. The van der Waals surface area contributed by atoms with Gasteiger partial charge in [-0.15, -0.1) is 0 Å². The van der Waals surface area contributed by atoms with Crippen molar-refractivity contribution in [3.8, 4) is 16.8 Å². The lowest BCUT2D eigenvalue weighted by molar-refractivity contribution is 0.636. The molecule has 238 valence electrons. The van der Waals surface area contributed by atoms with E-state index in [9.17, 15) is 0 Å². The molecule has 3 heteroatoms. The molecule has 7 aromatic carbocycles. The van der Waals surface area contributed by atoms with Crippen LogP contribution in [-0.2, 0) is 5.41 Å². The quantitative estimate of drug-likeness (QED) is 0.166. The molecule has 49 heavy (non-hydrogen) atoms. The predicted molar refractivity (Wildman–Crippen MR) is 209 cm³/mol. The molecule has 1 aromatic heterocycles. The van der Waals surface area contributed by atoms with E-state index in [1.54, 1.807) is 0 Å². The minimum absolute atomic E-state index is 0.168. The van der Waals surface area contributed by atoms with Gasteiger partial charge in [0.2, 0.25) is 0 Å². The lowest BCUT2D eigenvalue weighted by Gasteiger charge is -2.31. The first-order valence-corrected chi connectivity index (χ1v) is 17.2. The number of fused-ring (bicyclic) bond motifs is 3. The summed E-state index contributed by atoms with van der Waals surface area (Å²) in [4.78, 5) is 2.32. The molecule has 0 aliphatic rings. The first-order chi connectivity index (χ1) is 23.9. The summed E-state index contributed by atoms with van der Waals surface area (Å²) in [6.45, 7) is 6.83. The van der Waals surface area contributed by atoms with E-state index in [0.29, 0.717) is 0 Å². The Kier molecular flexibility index (Phi) is 7.82. The Morgan fingerprint density at radius 1 is 0.510 bits per heavy atom. The number of para-hydroxylation sites is 2. The molecule has 0 N–H and O–H groups in total. The van der Waals surface area contributed by atoms with Crippen molar-refractivity contribution < 1.29 is 0 Å². The molecule has 8 aromatic rings. The molecule has 1 heterocycles. The third-order valence-electron chi connectivity index (χ3n) is 9.88. The Morgan fingerprint density at radius 2 is 1.08 bits per heavy atom. The van der Waals surface area contributed by atoms with E-state index in [1.807, 2.05) is 12.1 Å². The fourth-order valence-electron chi connectivity index (χ4n) is 7.28. The van der Waals surface area contributed by atoms with Crippen molar-refractivity contribution in [2.75, 3.05) is 4.90 Å². The minimum atomic E-state index is -0.168. The molecule has 0 atom stereocenters. The first-order valence-electron chi connectivity index (χ1n) is 16.8. The van der Waals surface area contributed by atoms with Crippen LogP contribution in [0.15, 0.2) is 170 Å². The number of anilines is 3. The highest BCUT2D eigenvalue weighted by Gasteiger charge is 2.26. The molecule has 0 aliphatic heterocycles. The van der Waals surface area contributed by atoms with Gasteiger partial charge >= 0.3 is 0 Å². The van der Waals surface area contributed by atoms with Crippen LogP contribution in [-0.4, -0.2) is 4.57 Å². The van der Waals surface area contributed by atoms with Gasteiger partial charge in [0.15, 0.2) is 0 Å². The third-order valence-corrected chi connectivity index (χ3v) is 10.1. The minimum Gasteiger partial charge on any atom is -0.310 e. The monoisotopic (exact) mass is 652 g/mol. The summed E-state index contributed by atoms with van der Waals surface area (Å²) in [5.74, 6) is 0. The Labute approximate surface area is 293 Å². The molecule has 0 radical (unpaired) electrons. The zero-order valence-corrected chi connectivity index (χ0v) is 28.7. The van der Waals surface area contributed by atoms with E-state index in [0.717, 1.165) is 22.1 Å². The maximum absolute atomic E-state index is 6.36. The van der Waals surface area contributed by atoms with Crippen LogP contribution in [0.5, 0.6) is 0 Å². The molecule has 0 amide bonds. The van der Waals surface area contributed by atoms with Gasteiger partial charge in [-0.25, -0.2) is 0 Å². The van der Waals surface area contributed by atoms with Crippen molar-refractivity contribution in [2.24, 2.45) is 0 Å². The van der Waals surface area contributed by atoms with E-state index in [1.165, 1.54) is 55.3 Å². The topological polar surface area (TPSA) is 8.17 Å². The van der Waals surface area contributed by atoms with Gasteiger partial charge in [0, 0.05) is 44.0 Å². The van der Waals surface area contributed by atoms with Gasteiger partial charge in [-0.1, -0.05) is 116 Å². The molecule has 0 aliphatic carbocycles. The number of aromatic nitrogens is 1. The molecule has 8 rings (SSSR count). The van der Waals surface area contributed by atoms with Gasteiger partial charge in [-0.2, -0.15) is 0 Å². The zero-order valence-electron chi connectivity index (χ0n) is 27.9. The third kappa shape index (κ3) is 5.59. The van der Waals surface area contributed by atoms with Crippen LogP contribution >= 0.6 is 11.6 Å². The van der Waals surface area contributed by atoms with E-state index in [-0.39, 0.29) is 5.41 Å². The molecule has 0 unspecified atom stereocenters. The van der Waals surface area contributed by atoms with E-state index >= 15 is 0 Å². The van der Waals surface area contributed by atoms with E-state index in [2.05, 4.69) is 188 Å². The average molecular weight is 653 g/mol. The summed E-state index contributed by atoms with van der Waals surface area (Å²) in [5.41, 5.74) is 12.9. The lowest BCUT2D eigenvalue weighted by Crippen LogP contribution is -2.21. The maximum Gasteiger partial charge on any atom is 0.0541 e. The van der Waals surface area contributed by atoms with Crippen LogP contribution in [0.25, 0.3) is 38.6 Å².